The topological polar surface area (TPSA) is 68.0 Å². The van der Waals surface area contributed by atoms with Crippen molar-refractivity contribution < 1.29 is 4.79 Å². The first kappa shape index (κ1) is 13.0. The van der Waals surface area contributed by atoms with Crippen molar-refractivity contribution in [3.05, 3.63) is 16.7 Å². The fourth-order valence-corrected chi connectivity index (χ4v) is 1.74. The predicted octanol–water partition coefficient (Wildman–Crippen LogP) is 2.95. The first-order valence-corrected chi connectivity index (χ1v) is 6.13. The monoisotopic (exact) mass is 285 g/mol. The van der Waals surface area contributed by atoms with Gasteiger partial charge in [-0.05, 0) is 28.4 Å². The second-order valence-electron chi connectivity index (χ2n) is 3.60. The molecule has 4 nitrogen and oxygen atoms in total. The molecule has 3 N–H and O–H groups in total. The molecule has 5 heteroatoms. The molecule has 88 valence electrons. The van der Waals surface area contributed by atoms with Gasteiger partial charge in [-0.25, -0.2) is 4.98 Å². The Balaban J connectivity index is 2.49. The largest absolute Gasteiger partial charge is 0.397 e. The number of unbranched alkanes of at least 4 members (excludes halogenated alkanes) is 2. The summed E-state index contributed by atoms with van der Waals surface area (Å²) < 4.78 is 0.705. The van der Waals surface area contributed by atoms with Gasteiger partial charge in [0.25, 0.3) is 0 Å². The zero-order valence-electron chi connectivity index (χ0n) is 9.29. The summed E-state index contributed by atoms with van der Waals surface area (Å²) in [5, 5.41) is 2.74. The third-order valence-corrected chi connectivity index (χ3v) is 2.73. The second kappa shape index (κ2) is 6.48. The molecular formula is C11H16BrN3O. The lowest BCUT2D eigenvalue weighted by Crippen LogP contribution is -2.12. The molecular weight excluding hydrogens is 270 g/mol. The molecule has 1 rings (SSSR count). The molecule has 0 atom stereocenters. The van der Waals surface area contributed by atoms with E-state index in [2.05, 4.69) is 33.2 Å². The van der Waals surface area contributed by atoms with E-state index in [0.29, 0.717) is 22.4 Å². The van der Waals surface area contributed by atoms with Gasteiger partial charge in [0.05, 0.1) is 16.4 Å². The van der Waals surface area contributed by atoms with Crippen LogP contribution in [-0.4, -0.2) is 10.9 Å². The van der Waals surface area contributed by atoms with Gasteiger partial charge in [0.15, 0.2) is 0 Å². The molecule has 0 unspecified atom stereocenters. The van der Waals surface area contributed by atoms with Crippen molar-refractivity contribution in [3.8, 4) is 0 Å². The van der Waals surface area contributed by atoms with Crippen molar-refractivity contribution in [2.75, 3.05) is 11.1 Å². The van der Waals surface area contributed by atoms with Crippen LogP contribution < -0.4 is 11.1 Å². The molecule has 0 radical (unpaired) electrons. The number of hydrogen-bond acceptors (Lipinski definition) is 3. The van der Waals surface area contributed by atoms with E-state index >= 15 is 0 Å². The Hall–Kier alpha value is -1.10. The number of rotatable bonds is 5. The lowest BCUT2D eigenvalue weighted by molar-refractivity contribution is -0.116. The number of anilines is 2. The normalized spacial score (nSPS) is 10.1. The maximum Gasteiger partial charge on any atom is 0.225 e. The lowest BCUT2D eigenvalue weighted by Gasteiger charge is -2.06. The van der Waals surface area contributed by atoms with Crippen molar-refractivity contribution >= 4 is 33.3 Å². The van der Waals surface area contributed by atoms with Gasteiger partial charge in [-0.2, -0.15) is 0 Å². The highest BCUT2D eigenvalue weighted by Gasteiger charge is 2.06. The van der Waals surface area contributed by atoms with Crippen LogP contribution >= 0.6 is 15.9 Å². The quantitative estimate of drug-likeness (QED) is 0.818. The molecule has 1 heterocycles. The summed E-state index contributed by atoms with van der Waals surface area (Å²) in [4.78, 5) is 15.6. The van der Waals surface area contributed by atoms with Gasteiger partial charge in [-0.1, -0.05) is 19.8 Å². The number of halogens is 1. The predicted molar refractivity (Wildman–Crippen MR) is 69.1 cm³/mol. The minimum atomic E-state index is -0.00794. The Bertz CT molecular complexity index is 368. The van der Waals surface area contributed by atoms with E-state index in [9.17, 15) is 4.79 Å². The van der Waals surface area contributed by atoms with Crippen molar-refractivity contribution in [1.82, 2.24) is 4.98 Å². The van der Waals surface area contributed by atoms with Crippen molar-refractivity contribution in [3.63, 3.8) is 0 Å². The molecule has 0 spiro atoms. The SMILES string of the molecule is CCCCCC(=O)Nc1ncc(N)cc1Br. The Labute approximate surface area is 104 Å². The maximum atomic E-state index is 11.5. The van der Waals surface area contributed by atoms with E-state index < -0.39 is 0 Å². The summed E-state index contributed by atoms with van der Waals surface area (Å²) >= 11 is 3.30. The molecule has 0 bridgehead atoms. The maximum absolute atomic E-state index is 11.5. The van der Waals surface area contributed by atoms with Gasteiger partial charge in [0.1, 0.15) is 5.82 Å². The van der Waals surface area contributed by atoms with Crippen LogP contribution in [-0.2, 0) is 4.79 Å². The zero-order valence-corrected chi connectivity index (χ0v) is 10.9. The van der Waals surface area contributed by atoms with Gasteiger partial charge in [0, 0.05) is 6.42 Å². The smallest absolute Gasteiger partial charge is 0.225 e. The van der Waals surface area contributed by atoms with Crippen LogP contribution in [0.2, 0.25) is 0 Å². The van der Waals surface area contributed by atoms with E-state index in [1.807, 2.05) is 0 Å². The molecule has 0 saturated heterocycles. The minimum absolute atomic E-state index is 0.00794. The van der Waals surface area contributed by atoms with E-state index in [1.165, 1.54) is 6.20 Å². The number of nitrogens with one attached hydrogen (secondary N) is 1. The average molecular weight is 286 g/mol. The molecule has 1 aromatic heterocycles. The van der Waals surface area contributed by atoms with Crippen LogP contribution in [0.1, 0.15) is 32.6 Å². The summed E-state index contributed by atoms with van der Waals surface area (Å²) in [6.07, 6.45) is 5.15. The summed E-state index contributed by atoms with van der Waals surface area (Å²) in [6.45, 7) is 2.11. The number of nitrogen functional groups attached to an aromatic ring is 1. The number of carbonyl (C=O) groups is 1. The summed E-state index contributed by atoms with van der Waals surface area (Å²) in [7, 11) is 0. The Kier molecular flexibility index (Phi) is 5.25. The zero-order chi connectivity index (χ0) is 12.0. The van der Waals surface area contributed by atoms with Crippen LogP contribution in [0, 0.1) is 0 Å². The lowest BCUT2D eigenvalue weighted by atomic mass is 10.2. The van der Waals surface area contributed by atoms with Crippen LogP contribution in [0.4, 0.5) is 11.5 Å². The standard InChI is InChI=1S/C11H16BrN3O/c1-2-3-4-5-10(16)15-11-9(12)6-8(13)7-14-11/h6-7H,2-5,13H2,1H3,(H,14,15,16). The number of pyridine rings is 1. The molecule has 0 fully saturated rings. The molecule has 0 aromatic carbocycles. The number of aromatic nitrogens is 1. The number of carbonyl (C=O) groups excluding carboxylic acids is 1. The van der Waals surface area contributed by atoms with Gasteiger partial charge >= 0.3 is 0 Å². The Morgan fingerprint density at radius 3 is 2.94 bits per heavy atom. The first-order chi connectivity index (χ1) is 7.63. The van der Waals surface area contributed by atoms with E-state index in [1.54, 1.807) is 6.07 Å². The summed E-state index contributed by atoms with van der Waals surface area (Å²) in [6, 6.07) is 1.72. The molecule has 16 heavy (non-hydrogen) atoms. The summed E-state index contributed by atoms with van der Waals surface area (Å²) in [5.74, 6) is 0.516. The molecule has 0 aliphatic rings. The molecule has 0 saturated carbocycles. The highest BCUT2D eigenvalue weighted by atomic mass is 79.9. The number of amides is 1. The highest BCUT2D eigenvalue weighted by Crippen LogP contribution is 2.21. The van der Waals surface area contributed by atoms with Gasteiger partial charge < -0.3 is 11.1 Å². The van der Waals surface area contributed by atoms with Crippen LogP contribution in [0.5, 0.6) is 0 Å². The second-order valence-corrected chi connectivity index (χ2v) is 4.46. The highest BCUT2D eigenvalue weighted by molar-refractivity contribution is 9.10. The van der Waals surface area contributed by atoms with E-state index in [0.717, 1.165) is 19.3 Å². The number of nitrogens with zero attached hydrogens (tertiary/aromatic N) is 1. The Morgan fingerprint density at radius 2 is 2.31 bits per heavy atom. The van der Waals surface area contributed by atoms with Crippen molar-refractivity contribution in [1.29, 1.82) is 0 Å². The summed E-state index contributed by atoms with van der Waals surface area (Å²) in [5.41, 5.74) is 6.12. The third kappa shape index (κ3) is 4.18. The fraction of sp³-hybridized carbons (Fsp3) is 0.455. The van der Waals surface area contributed by atoms with Crippen LogP contribution in [0.15, 0.2) is 16.7 Å². The van der Waals surface area contributed by atoms with E-state index in [-0.39, 0.29) is 5.91 Å². The van der Waals surface area contributed by atoms with Crippen molar-refractivity contribution in [2.45, 2.75) is 32.6 Å². The van der Waals surface area contributed by atoms with E-state index in [4.69, 9.17) is 5.73 Å². The first-order valence-electron chi connectivity index (χ1n) is 5.34. The third-order valence-electron chi connectivity index (χ3n) is 2.13. The van der Waals surface area contributed by atoms with Gasteiger partial charge in [-0.15, -0.1) is 0 Å². The Morgan fingerprint density at radius 1 is 1.56 bits per heavy atom. The van der Waals surface area contributed by atoms with Crippen LogP contribution in [0.25, 0.3) is 0 Å². The van der Waals surface area contributed by atoms with Gasteiger partial charge in [-0.3, -0.25) is 4.79 Å². The molecule has 0 aliphatic carbocycles. The molecule has 1 aromatic rings. The molecule has 0 aliphatic heterocycles. The fourth-order valence-electron chi connectivity index (χ4n) is 1.27. The number of nitrogens with two attached hydrogens (primary N) is 1. The molecule has 1 amide bonds. The van der Waals surface area contributed by atoms with Crippen LogP contribution in [0.3, 0.4) is 0 Å². The average Bonchev–Trinajstić information content (AvgIpc) is 2.23. The van der Waals surface area contributed by atoms with Crippen molar-refractivity contribution in [2.24, 2.45) is 0 Å². The number of hydrogen-bond donors (Lipinski definition) is 2. The van der Waals surface area contributed by atoms with Gasteiger partial charge in [0.2, 0.25) is 5.91 Å². The minimum Gasteiger partial charge on any atom is -0.397 e.